The molecule has 0 amide bonds. The van der Waals surface area contributed by atoms with Crippen molar-refractivity contribution in [1.82, 2.24) is 10.2 Å². The van der Waals surface area contributed by atoms with Crippen LogP contribution in [0, 0.1) is 0 Å². The molecule has 1 aliphatic heterocycles. The highest BCUT2D eigenvalue weighted by Crippen LogP contribution is 2.04. The quantitative estimate of drug-likeness (QED) is 0.504. The Balaban J connectivity index is 1.88. The van der Waals surface area contributed by atoms with Crippen LogP contribution in [0.3, 0.4) is 0 Å². The minimum atomic E-state index is -0.0218. The minimum absolute atomic E-state index is 0.0218. The largest absolute Gasteiger partial charge is 0.466 e. The summed E-state index contributed by atoms with van der Waals surface area (Å²) < 4.78 is 5.23. The maximum absolute atomic E-state index is 11.4. The number of nitrogens with zero attached hydrogens (tertiary/aromatic N) is 1. The molecule has 0 aromatic heterocycles. The Labute approximate surface area is 111 Å². The van der Waals surface area contributed by atoms with Crippen LogP contribution in [0.15, 0.2) is 0 Å². The van der Waals surface area contributed by atoms with Crippen LogP contribution in [0.4, 0.5) is 0 Å². The van der Waals surface area contributed by atoms with Crippen LogP contribution >= 0.6 is 0 Å². The normalized spacial score (nSPS) is 16.7. The van der Waals surface area contributed by atoms with E-state index in [1.807, 2.05) is 0 Å². The molecule has 0 atom stereocenters. The fourth-order valence-electron chi connectivity index (χ4n) is 2.18. The summed E-state index contributed by atoms with van der Waals surface area (Å²) in [7, 11) is 0. The van der Waals surface area contributed by atoms with Gasteiger partial charge in [-0.05, 0) is 12.8 Å². The van der Waals surface area contributed by atoms with Gasteiger partial charge in [-0.3, -0.25) is 4.79 Å². The van der Waals surface area contributed by atoms with E-state index in [2.05, 4.69) is 17.1 Å². The first-order chi connectivity index (χ1) is 8.83. The molecule has 0 spiro atoms. The van der Waals surface area contributed by atoms with Crippen LogP contribution in [-0.2, 0) is 9.53 Å². The molecule has 0 bridgehead atoms. The van der Waals surface area contributed by atoms with E-state index in [1.54, 1.807) is 0 Å². The highest BCUT2D eigenvalue weighted by molar-refractivity contribution is 5.69. The zero-order valence-electron chi connectivity index (χ0n) is 11.7. The molecule has 1 N–H and O–H groups in total. The fraction of sp³-hybridized carbons (Fsp3) is 0.929. The third-order valence-electron chi connectivity index (χ3n) is 3.33. The van der Waals surface area contributed by atoms with E-state index in [9.17, 15) is 4.79 Å². The molecule has 1 saturated heterocycles. The van der Waals surface area contributed by atoms with Crippen molar-refractivity contribution in [2.75, 3.05) is 39.3 Å². The molecule has 0 unspecified atom stereocenters. The lowest BCUT2D eigenvalue weighted by atomic mass is 10.2. The van der Waals surface area contributed by atoms with Crippen molar-refractivity contribution in [3.05, 3.63) is 0 Å². The van der Waals surface area contributed by atoms with Gasteiger partial charge in [0.1, 0.15) is 0 Å². The van der Waals surface area contributed by atoms with Crippen LogP contribution in [-0.4, -0.2) is 50.2 Å². The van der Waals surface area contributed by atoms with Gasteiger partial charge < -0.3 is 15.0 Å². The smallest absolute Gasteiger partial charge is 0.305 e. The van der Waals surface area contributed by atoms with Gasteiger partial charge in [-0.2, -0.15) is 0 Å². The number of nitrogens with one attached hydrogen (secondary N) is 1. The van der Waals surface area contributed by atoms with Crippen molar-refractivity contribution in [3.8, 4) is 0 Å². The van der Waals surface area contributed by atoms with E-state index in [1.165, 1.54) is 12.8 Å². The maximum Gasteiger partial charge on any atom is 0.305 e. The molecule has 1 heterocycles. The number of hydrogen-bond donors (Lipinski definition) is 1. The Morgan fingerprint density at radius 2 is 1.94 bits per heavy atom. The monoisotopic (exact) mass is 256 g/mol. The predicted molar refractivity (Wildman–Crippen MR) is 73.6 cm³/mol. The van der Waals surface area contributed by atoms with E-state index in [0.717, 1.165) is 52.0 Å². The zero-order chi connectivity index (χ0) is 13.1. The van der Waals surface area contributed by atoms with E-state index < -0.39 is 0 Å². The number of rotatable bonds is 9. The summed E-state index contributed by atoms with van der Waals surface area (Å²) >= 11 is 0. The van der Waals surface area contributed by atoms with Crippen molar-refractivity contribution in [2.24, 2.45) is 0 Å². The number of piperazine rings is 1. The highest BCUT2D eigenvalue weighted by Gasteiger charge is 2.09. The molecule has 4 nitrogen and oxygen atoms in total. The van der Waals surface area contributed by atoms with Crippen LogP contribution in [0.5, 0.6) is 0 Å². The van der Waals surface area contributed by atoms with Gasteiger partial charge in [-0.1, -0.05) is 26.2 Å². The summed E-state index contributed by atoms with van der Waals surface area (Å²) in [5.74, 6) is -0.0218. The number of esters is 1. The molecule has 18 heavy (non-hydrogen) atoms. The molecule has 0 aliphatic carbocycles. The van der Waals surface area contributed by atoms with Crippen LogP contribution in [0.1, 0.15) is 45.4 Å². The van der Waals surface area contributed by atoms with Crippen LogP contribution in [0.25, 0.3) is 0 Å². The molecule has 106 valence electrons. The second-order valence-corrected chi connectivity index (χ2v) is 4.98. The lowest BCUT2D eigenvalue weighted by Gasteiger charge is -2.26. The van der Waals surface area contributed by atoms with Crippen molar-refractivity contribution in [2.45, 2.75) is 45.4 Å². The molecule has 0 aromatic rings. The lowest BCUT2D eigenvalue weighted by Crippen LogP contribution is -2.43. The van der Waals surface area contributed by atoms with Gasteiger partial charge in [0.05, 0.1) is 6.61 Å². The van der Waals surface area contributed by atoms with Gasteiger partial charge >= 0.3 is 5.97 Å². The Kier molecular flexibility index (Phi) is 8.86. The second kappa shape index (κ2) is 10.3. The first-order valence-corrected chi connectivity index (χ1v) is 7.41. The fourth-order valence-corrected chi connectivity index (χ4v) is 2.18. The van der Waals surface area contributed by atoms with Gasteiger partial charge in [-0.15, -0.1) is 0 Å². The number of ether oxygens (including phenoxy) is 1. The molecule has 1 fully saturated rings. The second-order valence-electron chi connectivity index (χ2n) is 4.98. The zero-order valence-corrected chi connectivity index (χ0v) is 11.7. The summed E-state index contributed by atoms with van der Waals surface area (Å²) in [5.41, 5.74) is 0. The van der Waals surface area contributed by atoms with Crippen LogP contribution < -0.4 is 5.32 Å². The Morgan fingerprint density at radius 3 is 2.67 bits per heavy atom. The maximum atomic E-state index is 11.4. The molecule has 0 radical (unpaired) electrons. The summed E-state index contributed by atoms with van der Waals surface area (Å²) in [6.07, 6.45) is 6.10. The van der Waals surface area contributed by atoms with E-state index in [-0.39, 0.29) is 5.97 Å². The van der Waals surface area contributed by atoms with Gasteiger partial charge in [0.15, 0.2) is 0 Å². The molecule has 1 aliphatic rings. The number of hydrogen-bond acceptors (Lipinski definition) is 4. The minimum Gasteiger partial charge on any atom is -0.466 e. The van der Waals surface area contributed by atoms with E-state index in [0.29, 0.717) is 13.0 Å². The Hall–Kier alpha value is -0.610. The van der Waals surface area contributed by atoms with Gasteiger partial charge in [-0.25, -0.2) is 0 Å². The summed E-state index contributed by atoms with van der Waals surface area (Å²) in [5, 5.41) is 3.33. The molecular weight excluding hydrogens is 228 g/mol. The van der Waals surface area contributed by atoms with Crippen molar-refractivity contribution >= 4 is 5.97 Å². The van der Waals surface area contributed by atoms with Crippen molar-refractivity contribution in [3.63, 3.8) is 0 Å². The molecule has 0 saturated carbocycles. The molecule has 1 rings (SSSR count). The van der Waals surface area contributed by atoms with Crippen LogP contribution in [0.2, 0.25) is 0 Å². The first kappa shape index (κ1) is 15.4. The average molecular weight is 256 g/mol. The topological polar surface area (TPSA) is 41.6 Å². The summed E-state index contributed by atoms with van der Waals surface area (Å²) in [6, 6.07) is 0. The van der Waals surface area contributed by atoms with Gasteiger partial charge in [0, 0.05) is 39.1 Å². The molecular formula is C14H28N2O2. The Morgan fingerprint density at radius 1 is 1.17 bits per heavy atom. The number of carbonyl (C=O) groups excluding carboxylic acids is 1. The van der Waals surface area contributed by atoms with Gasteiger partial charge in [0.25, 0.3) is 0 Å². The Bertz CT molecular complexity index is 216. The summed E-state index contributed by atoms with van der Waals surface area (Å²) in [6.45, 7) is 8.19. The summed E-state index contributed by atoms with van der Waals surface area (Å²) in [4.78, 5) is 13.8. The lowest BCUT2D eigenvalue weighted by molar-refractivity contribution is -0.144. The predicted octanol–water partition coefficient (Wildman–Crippen LogP) is 1.80. The van der Waals surface area contributed by atoms with Crippen molar-refractivity contribution < 1.29 is 9.53 Å². The number of carbonyl (C=O) groups is 1. The SMILES string of the molecule is CCCCCCC(=O)OCCCN1CCNCC1. The third kappa shape index (κ3) is 7.67. The van der Waals surface area contributed by atoms with E-state index >= 15 is 0 Å². The third-order valence-corrected chi connectivity index (χ3v) is 3.33. The van der Waals surface area contributed by atoms with Crippen molar-refractivity contribution in [1.29, 1.82) is 0 Å². The standard InChI is InChI=1S/C14H28N2O2/c1-2-3-4-5-7-14(17)18-13-6-10-16-11-8-15-9-12-16/h15H,2-13H2,1H3. The van der Waals surface area contributed by atoms with Gasteiger partial charge in [0.2, 0.25) is 0 Å². The molecule has 0 aromatic carbocycles. The first-order valence-electron chi connectivity index (χ1n) is 7.41. The highest BCUT2D eigenvalue weighted by atomic mass is 16.5. The molecule has 4 heteroatoms. The average Bonchev–Trinajstić information content (AvgIpc) is 2.41. The number of unbranched alkanes of at least 4 members (excludes halogenated alkanes) is 3. The van der Waals surface area contributed by atoms with E-state index in [4.69, 9.17) is 4.74 Å².